The summed E-state index contributed by atoms with van der Waals surface area (Å²) in [6, 6.07) is 18.5. The Bertz CT molecular complexity index is 943. The minimum absolute atomic E-state index is 0.227. The second kappa shape index (κ2) is 4.05. The fraction of sp³-hybridized carbons (Fsp3) is 0. The molecular weight excluding hydrogens is 264 g/mol. The summed E-state index contributed by atoms with van der Waals surface area (Å²) < 4.78 is 5.03. The van der Waals surface area contributed by atoms with E-state index in [1.165, 1.54) is 16.2 Å². The lowest BCUT2D eigenvalue weighted by molar-refractivity contribution is 0.0752. The quantitative estimate of drug-likeness (QED) is 0.394. The highest BCUT2D eigenvalue weighted by Gasteiger charge is 2.14. The normalized spacial score (nSPS) is 11.6. The highest BCUT2D eigenvalue weighted by Crippen LogP contribution is 2.35. The molecule has 96 valence electrons. The number of hydrogen-bond acceptors (Lipinski definition) is 2. The molecule has 0 aromatic heterocycles. The van der Waals surface area contributed by atoms with Crippen LogP contribution in [-0.2, 0) is 4.43 Å². The number of benzene rings is 4. The first-order valence-corrected chi connectivity index (χ1v) is 7.36. The van der Waals surface area contributed by atoms with Crippen LogP contribution in [0.1, 0.15) is 10.4 Å². The van der Waals surface area contributed by atoms with Crippen LogP contribution in [0.5, 0.6) is 0 Å². The molecule has 20 heavy (non-hydrogen) atoms. The van der Waals surface area contributed by atoms with Crippen molar-refractivity contribution in [1.29, 1.82) is 0 Å². The summed E-state index contributed by atoms with van der Waals surface area (Å²) in [5.41, 5.74) is 0.658. The summed E-state index contributed by atoms with van der Waals surface area (Å²) >= 11 is 0. The first-order valence-electron chi connectivity index (χ1n) is 6.54. The predicted octanol–water partition coefficient (Wildman–Crippen LogP) is 3.02. The molecule has 4 aromatic rings. The summed E-state index contributed by atoms with van der Waals surface area (Å²) in [4.78, 5) is 12.0. The van der Waals surface area contributed by atoms with Crippen LogP contribution in [0.15, 0.2) is 54.6 Å². The topological polar surface area (TPSA) is 26.3 Å². The molecule has 0 N–H and O–H groups in total. The third kappa shape index (κ3) is 1.41. The highest BCUT2D eigenvalue weighted by molar-refractivity contribution is 6.26. The molecule has 0 aliphatic heterocycles. The summed E-state index contributed by atoms with van der Waals surface area (Å²) in [6.07, 6.45) is 0. The van der Waals surface area contributed by atoms with Crippen LogP contribution in [0.4, 0.5) is 0 Å². The van der Waals surface area contributed by atoms with Gasteiger partial charge in [-0.3, -0.25) is 0 Å². The summed E-state index contributed by atoms with van der Waals surface area (Å²) in [7, 11) is 0.414. The van der Waals surface area contributed by atoms with Gasteiger partial charge in [-0.1, -0.05) is 48.5 Å². The molecule has 2 nitrogen and oxygen atoms in total. The summed E-state index contributed by atoms with van der Waals surface area (Å²) in [6.45, 7) is 0. The van der Waals surface area contributed by atoms with Crippen molar-refractivity contribution in [2.45, 2.75) is 0 Å². The van der Waals surface area contributed by atoms with Gasteiger partial charge < -0.3 is 4.43 Å². The van der Waals surface area contributed by atoms with Gasteiger partial charge in [0.2, 0.25) is 10.5 Å². The lowest BCUT2D eigenvalue weighted by atomic mass is 9.92. The van der Waals surface area contributed by atoms with Crippen molar-refractivity contribution in [1.82, 2.24) is 0 Å². The van der Waals surface area contributed by atoms with E-state index < -0.39 is 0 Å². The highest BCUT2D eigenvalue weighted by atomic mass is 28.2. The largest absolute Gasteiger partial charge is 0.525 e. The second-order valence-electron chi connectivity index (χ2n) is 4.96. The van der Waals surface area contributed by atoms with E-state index in [-0.39, 0.29) is 5.97 Å². The van der Waals surface area contributed by atoms with Gasteiger partial charge >= 0.3 is 5.97 Å². The minimum atomic E-state index is -0.227. The Balaban J connectivity index is 2.29. The smallest absolute Gasteiger partial charge is 0.324 e. The molecule has 0 saturated carbocycles. The van der Waals surface area contributed by atoms with Gasteiger partial charge in [0, 0.05) is 0 Å². The van der Waals surface area contributed by atoms with E-state index in [1.807, 2.05) is 18.2 Å². The number of carbonyl (C=O) groups excluding carboxylic acids is 1. The fourth-order valence-electron chi connectivity index (χ4n) is 3.02. The molecule has 0 atom stereocenters. The molecule has 0 radical (unpaired) electrons. The fourth-order valence-corrected chi connectivity index (χ4v) is 3.24. The molecule has 0 aliphatic carbocycles. The average Bonchev–Trinajstić information content (AvgIpc) is 2.51. The standard InChI is InChI=1S/C17H12O2Si/c18-17(19-20)14-9-7-12-5-4-10-2-1-3-11-6-8-13(14)16(12)15(10)11/h1-9H,20H3. The Kier molecular flexibility index (Phi) is 2.32. The minimum Gasteiger partial charge on any atom is -0.525 e. The summed E-state index contributed by atoms with van der Waals surface area (Å²) in [5, 5.41) is 6.94. The van der Waals surface area contributed by atoms with Crippen LogP contribution in [0.3, 0.4) is 0 Å². The SMILES string of the molecule is O=C(O[SiH3])c1ccc2ccc3cccc4ccc1c2c34. The van der Waals surface area contributed by atoms with E-state index >= 15 is 0 Å². The molecule has 0 spiro atoms. The lowest BCUT2D eigenvalue weighted by Gasteiger charge is -2.12. The molecule has 0 aliphatic rings. The van der Waals surface area contributed by atoms with Crippen LogP contribution >= 0.6 is 0 Å². The third-order valence-electron chi connectivity index (χ3n) is 3.93. The van der Waals surface area contributed by atoms with Crippen molar-refractivity contribution in [3.8, 4) is 0 Å². The Hall–Kier alpha value is -2.39. The maximum Gasteiger partial charge on any atom is 0.324 e. The van der Waals surface area contributed by atoms with Gasteiger partial charge in [0.15, 0.2) is 0 Å². The zero-order valence-electron chi connectivity index (χ0n) is 11.0. The molecule has 0 amide bonds. The van der Waals surface area contributed by atoms with Crippen molar-refractivity contribution in [3.63, 3.8) is 0 Å². The predicted molar refractivity (Wildman–Crippen MR) is 85.5 cm³/mol. The molecule has 4 aromatic carbocycles. The van der Waals surface area contributed by atoms with Crippen molar-refractivity contribution in [2.24, 2.45) is 0 Å². The molecule has 3 heteroatoms. The van der Waals surface area contributed by atoms with Gasteiger partial charge in [0.1, 0.15) is 0 Å². The van der Waals surface area contributed by atoms with E-state index in [9.17, 15) is 4.79 Å². The Morgan fingerprint density at radius 1 is 0.800 bits per heavy atom. The number of hydrogen-bond donors (Lipinski definition) is 0. The van der Waals surface area contributed by atoms with Crippen LogP contribution in [0.2, 0.25) is 0 Å². The molecule has 4 rings (SSSR count). The molecule has 0 saturated heterocycles. The second-order valence-corrected chi connectivity index (χ2v) is 5.37. The number of rotatable bonds is 1. The first-order chi connectivity index (χ1) is 9.79. The maximum absolute atomic E-state index is 12.0. The van der Waals surface area contributed by atoms with E-state index in [0.717, 1.165) is 16.2 Å². The van der Waals surface area contributed by atoms with Gasteiger partial charge in [0.05, 0.1) is 5.56 Å². The van der Waals surface area contributed by atoms with Gasteiger partial charge in [-0.05, 0) is 38.4 Å². The molecule has 0 heterocycles. The van der Waals surface area contributed by atoms with Gasteiger partial charge in [-0.25, -0.2) is 4.79 Å². The van der Waals surface area contributed by atoms with Crippen molar-refractivity contribution in [3.05, 3.63) is 60.2 Å². The van der Waals surface area contributed by atoms with Crippen molar-refractivity contribution in [2.75, 3.05) is 0 Å². The van der Waals surface area contributed by atoms with Crippen LogP contribution < -0.4 is 0 Å². The van der Waals surface area contributed by atoms with Crippen molar-refractivity contribution >= 4 is 48.8 Å². The Morgan fingerprint density at radius 2 is 1.40 bits per heavy atom. The van der Waals surface area contributed by atoms with E-state index in [2.05, 4.69) is 36.4 Å². The monoisotopic (exact) mass is 276 g/mol. The summed E-state index contributed by atoms with van der Waals surface area (Å²) in [5.74, 6) is -0.227. The maximum atomic E-state index is 12.0. The zero-order chi connectivity index (χ0) is 13.7. The van der Waals surface area contributed by atoms with Crippen LogP contribution in [-0.4, -0.2) is 16.5 Å². The van der Waals surface area contributed by atoms with E-state index in [4.69, 9.17) is 4.43 Å². The van der Waals surface area contributed by atoms with Crippen LogP contribution in [0, 0.1) is 0 Å². The van der Waals surface area contributed by atoms with Gasteiger partial charge in [-0.15, -0.1) is 0 Å². The Morgan fingerprint density at radius 3 is 2.10 bits per heavy atom. The van der Waals surface area contributed by atoms with Crippen LogP contribution in [0.25, 0.3) is 32.3 Å². The molecule has 0 fully saturated rings. The molecule has 0 bridgehead atoms. The average molecular weight is 276 g/mol. The lowest BCUT2D eigenvalue weighted by Crippen LogP contribution is -2.03. The number of carbonyl (C=O) groups is 1. The molecule has 0 unspecified atom stereocenters. The van der Waals surface area contributed by atoms with Gasteiger partial charge in [-0.2, -0.15) is 0 Å². The zero-order valence-corrected chi connectivity index (χ0v) is 13.0. The van der Waals surface area contributed by atoms with E-state index in [0.29, 0.717) is 16.0 Å². The Labute approximate surface area is 118 Å². The first kappa shape index (κ1) is 11.4. The molecular formula is C17H12O2Si. The van der Waals surface area contributed by atoms with E-state index in [1.54, 1.807) is 0 Å². The third-order valence-corrected chi connectivity index (χ3v) is 4.30. The van der Waals surface area contributed by atoms with Crippen molar-refractivity contribution < 1.29 is 9.22 Å². The van der Waals surface area contributed by atoms with Gasteiger partial charge in [0.25, 0.3) is 0 Å².